The van der Waals surface area contributed by atoms with Gasteiger partial charge in [-0.25, -0.2) is 0 Å². The number of thiophene rings is 1. The van der Waals surface area contributed by atoms with E-state index >= 15 is 0 Å². The molecule has 0 aliphatic heterocycles. The molecule has 0 N–H and O–H groups in total. The smallest absolute Gasteiger partial charge is 0.171 e. The molecule has 0 radical (unpaired) electrons. The molecule has 0 spiro atoms. The molecular weight excluding hydrogens is 242 g/mol. The summed E-state index contributed by atoms with van der Waals surface area (Å²) in [6, 6.07) is 4.06. The molecule has 1 aliphatic rings. The van der Waals surface area contributed by atoms with Crippen LogP contribution in [0.1, 0.15) is 45.1 Å². The lowest BCUT2D eigenvalue weighted by Crippen LogP contribution is -2.17. The normalized spacial score (nSPS) is 18.4. The fourth-order valence-corrected chi connectivity index (χ4v) is 3.64. The molecule has 1 unspecified atom stereocenters. The second-order valence-electron chi connectivity index (χ2n) is 4.86. The van der Waals surface area contributed by atoms with Gasteiger partial charge in [-0.3, -0.25) is 9.78 Å². The SMILES string of the molecule is Cc1cncc(C(=O)C2CCCc3sccc32)c1. The topological polar surface area (TPSA) is 30.0 Å². The summed E-state index contributed by atoms with van der Waals surface area (Å²) in [5, 5.41) is 2.10. The van der Waals surface area contributed by atoms with Crippen molar-refractivity contribution < 1.29 is 4.79 Å². The first-order valence-electron chi connectivity index (χ1n) is 6.28. The molecular formula is C15H15NOS. The van der Waals surface area contributed by atoms with E-state index in [1.165, 1.54) is 10.4 Å². The van der Waals surface area contributed by atoms with Crippen LogP contribution in [0.25, 0.3) is 0 Å². The zero-order chi connectivity index (χ0) is 12.5. The Balaban J connectivity index is 1.95. The maximum atomic E-state index is 12.6. The van der Waals surface area contributed by atoms with Gasteiger partial charge in [0, 0.05) is 28.8 Å². The molecule has 18 heavy (non-hydrogen) atoms. The highest BCUT2D eigenvalue weighted by Gasteiger charge is 2.28. The number of hydrogen-bond donors (Lipinski definition) is 0. The van der Waals surface area contributed by atoms with E-state index in [0.717, 1.165) is 30.4 Å². The van der Waals surface area contributed by atoms with Crippen molar-refractivity contribution in [3.63, 3.8) is 0 Å². The summed E-state index contributed by atoms with van der Waals surface area (Å²) in [7, 11) is 0. The van der Waals surface area contributed by atoms with Gasteiger partial charge in [-0.15, -0.1) is 11.3 Å². The van der Waals surface area contributed by atoms with Crippen LogP contribution in [0.4, 0.5) is 0 Å². The molecule has 0 bridgehead atoms. The lowest BCUT2D eigenvalue weighted by Gasteiger charge is -2.21. The molecule has 0 saturated heterocycles. The van der Waals surface area contributed by atoms with Gasteiger partial charge in [0.25, 0.3) is 0 Å². The Morgan fingerprint density at radius 2 is 2.33 bits per heavy atom. The summed E-state index contributed by atoms with van der Waals surface area (Å²) in [6.45, 7) is 1.97. The summed E-state index contributed by atoms with van der Waals surface area (Å²) >= 11 is 1.78. The summed E-state index contributed by atoms with van der Waals surface area (Å²) in [6.07, 6.45) is 6.69. The number of carbonyl (C=O) groups excluding carboxylic acids is 1. The highest BCUT2D eigenvalue weighted by atomic mass is 32.1. The highest BCUT2D eigenvalue weighted by molar-refractivity contribution is 7.10. The lowest BCUT2D eigenvalue weighted by atomic mass is 9.83. The van der Waals surface area contributed by atoms with Crippen molar-refractivity contribution in [1.29, 1.82) is 0 Å². The van der Waals surface area contributed by atoms with Crippen LogP contribution in [0, 0.1) is 6.92 Å². The van der Waals surface area contributed by atoms with E-state index < -0.39 is 0 Å². The monoisotopic (exact) mass is 257 g/mol. The van der Waals surface area contributed by atoms with Crippen LogP contribution in [-0.4, -0.2) is 10.8 Å². The van der Waals surface area contributed by atoms with Gasteiger partial charge >= 0.3 is 0 Å². The maximum absolute atomic E-state index is 12.6. The lowest BCUT2D eigenvalue weighted by molar-refractivity contribution is 0.0951. The van der Waals surface area contributed by atoms with E-state index in [0.29, 0.717) is 0 Å². The van der Waals surface area contributed by atoms with Crippen molar-refractivity contribution >= 4 is 17.1 Å². The fraction of sp³-hybridized carbons (Fsp3) is 0.333. The summed E-state index contributed by atoms with van der Waals surface area (Å²) in [4.78, 5) is 18.1. The molecule has 3 heteroatoms. The minimum absolute atomic E-state index is 0.0450. The van der Waals surface area contributed by atoms with Crippen LogP contribution in [0.2, 0.25) is 0 Å². The van der Waals surface area contributed by atoms with Crippen LogP contribution in [-0.2, 0) is 6.42 Å². The van der Waals surface area contributed by atoms with Crippen LogP contribution in [0.3, 0.4) is 0 Å². The largest absolute Gasteiger partial charge is 0.293 e. The molecule has 2 heterocycles. The third kappa shape index (κ3) is 1.99. The van der Waals surface area contributed by atoms with Crippen LogP contribution in [0.5, 0.6) is 0 Å². The zero-order valence-corrected chi connectivity index (χ0v) is 11.2. The average Bonchev–Trinajstić information content (AvgIpc) is 2.86. The van der Waals surface area contributed by atoms with E-state index in [2.05, 4.69) is 16.4 Å². The number of fused-ring (bicyclic) bond motifs is 1. The van der Waals surface area contributed by atoms with Gasteiger partial charge in [0.2, 0.25) is 0 Å². The molecule has 0 saturated carbocycles. The number of ketones is 1. The second-order valence-corrected chi connectivity index (χ2v) is 5.86. The van der Waals surface area contributed by atoms with Crippen LogP contribution < -0.4 is 0 Å². The summed E-state index contributed by atoms with van der Waals surface area (Å²) in [5.41, 5.74) is 3.04. The number of rotatable bonds is 2. The first-order chi connectivity index (χ1) is 8.75. The first-order valence-corrected chi connectivity index (χ1v) is 7.16. The van der Waals surface area contributed by atoms with Gasteiger partial charge in [0.15, 0.2) is 5.78 Å². The number of Topliss-reactive ketones (excluding diaryl/α,β-unsaturated/α-hetero) is 1. The molecule has 0 fully saturated rings. The predicted molar refractivity (Wildman–Crippen MR) is 73.3 cm³/mol. The summed E-state index contributed by atoms with van der Waals surface area (Å²) < 4.78 is 0. The molecule has 0 aromatic carbocycles. The number of carbonyl (C=O) groups is 1. The van der Waals surface area contributed by atoms with Gasteiger partial charge in [-0.05, 0) is 54.8 Å². The van der Waals surface area contributed by atoms with Crippen LogP contribution >= 0.6 is 11.3 Å². The Morgan fingerprint density at radius 3 is 3.17 bits per heavy atom. The molecule has 1 atom stereocenters. The van der Waals surface area contributed by atoms with E-state index in [-0.39, 0.29) is 11.7 Å². The second kappa shape index (κ2) is 4.65. The Morgan fingerprint density at radius 1 is 1.44 bits per heavy atom. The standard InChI is InChI=1S/C15H15NOS/c1-10-7-11(9-16-8-10)15(17)13-3-2-4-14-12(13)5-6-18-14/h5-9,13H,2-4H2,1H3. The molecule has 1 aliphatic carbocycles. The van der Waals surface area contributed by atoms with Crippen LogP contribution in [0.15, 0.2) is 29.9 Å². The van der Waals surface area contributed by atoms with E-state index in [9.17, 15) is 4.79 Å². The molecule has 0 amide bonds. The molecule has 3 rings (SSSR count). The number of hydrogen-bond acceptors (Lipinski definition) is 3. The van der Waals surface area contributed by atoms with Gasteiger partial charge in [0.1, 0.15) is 0 Å². The van der Waals surface area contributed by atoms with E-state index in [1.807, 2.05) is 13.0 Å². The number of aromatic nitrogens is 1. The zero-order valence-electron chi connectivity index (χ0n) is 10.3. The van der Waals surface area contributed by atoms with E-state index in [4.69, 9.17) is 0 Å². The van der Waals surface area contributed by atoms with Crippen molar-refractivity contribution in [2.45, 2.75) is 32.1 Å². The van der Waals surface area contributed by atoms with Gasteiger partial charge < -0.3 is 0 Å². The van der Waals surface area contributed by atoms with Gasteiger partial charge in [-0.1, -0.05) is 0 Å². The Hall–Kier alpha value is -1.48. The average molecular weight is 257 g/mol. The number of pyridine rings is 1. The van der Waals surface area contributed by atoms with Crippen molar-refractivity contribution in [1.82, 2.24) is 4.98 Å². The van der Waals surface area contributed by atoms with Crippen molar-refractivity contribution in [2.75, 3.05) is 0 Å². The van der Waals surface area contributed by atoms with Gasteiger partial charge in [0.05, 0.1) is 0 Å². The molecule has 2 aromatic heterocycles. The first kappa shape index (κ1) is 11.6. The molecule has 2 aromatic rings. The van der Waals surface area contributed by atoms with Crippen molar-refractivity contribution in [2.24, 2.45) is 0 Å². The fourth-order valence-electron chi connectivity index (χ4n) is 2.65. The number of aryl methyl sites for hydroxylation is 2. The quantitative estimate of drug-likeness (QED) is 0.767. The van der Waals surface area contributed by atoms with Crippen molar-refractivity contribution in [3.8, 4) is 0 Å². The number of nitrogens with zero attached hydrogens (tertiary/aromatic N) is 1. The van der Waals surface area contributed by atoms with E-state index in [1.54, 1.807) is 23.7 Å². The minimum Gasteiger partial charge on any atom is -0.293 e. The Bertz CT molecular complexity index is 588. The van der Waals surface area contributed by atoms with Crippen molar-refractivity contribution in [3.05, 3.63) is 51.5 Å². The molecule has 2 nitrogen and oxygen atoms in total. The minimum atomic E-state index is 0.0450. The van der Waals surface area contributed by atoms with Gasteiger partial charge in [-0.2, -0.15) is 0 Å². The Labute approximate surface area is 111 Å². The summed E-state index contributed by atoms with van der Waals surface area (Å²) in [5.74, 6) is 0.272. The maximum Gasteiger partial charge on any atom is 0.171 e. The molecule has 92 valence electrons. The Kier molecular flexibility index (Phi) is 3.00. The predicted octanol–water partition coefficient (Wildman–Crippen LogP) is 3.75. The third-order valence-corrected chi connectivity index (χ3v) is 4.52. The third-order valence-electron chi connectivity index (χ3n) is 3.53. The highest BCUT2D eigenvalue weighted by Crippen LogP contribution is 2.36.